The van der Waals surface area contributed by atoms with Crippen LogP contribution in [0.4, 0.5) is 0 Å². The minimum absolute atomic E-state index is 0.0600. The molecule has 1 aliphatic rings. The van der Waals surface area contributed by atoms with Crippen molar-refractivity contribution in [1.82, 2.24) is 5.32 Å². The number of amides is 1. The quantitative estimate of drug-likeness (QED) is 0.614. The van der Waals surface area contributed by atoms with Crippen molar-refractivity contribution in [1.29, 1.82) is 0 Å². The first-order valence-corrected chi connectivity index (χ1v) is 5.66. The molecule has 0 aliphatic heterocycles. The standard InChI is InChI=1S/C11H21NO3/c1-11(4-2-5-11)10(14)12-6-3-8-15-9-7-13/h13H,2-9H2,1H3,(H,12,14). The van der Waals surface area contributed by atoms with Crippen LogP contribution in [0.2, 0.25) is 0 Å². The van der Waals surface area contributed by atoms with Crippen LogP contribution in [0, 0.1) is 5.41 Å². The van der Waals surface area contributed by atoms with Crippen LogP contribution in [0.15, 0.2) is 0 Å². The average Bonchev–Trinajstić information content (AvgIpc) is 2.19. The Labute approximate surface area is 91.0 Å². The summed E-state index contributed by atoms with van der Waals surface area (Å²) in [7, 11) is 0. The van der Waals surface area contributed by atoms with Crippen molar-refractivity contribution in [2.24, 2.45) is 5.41 Å². The van der Waals surface area contributed by atoms with Gasteiger partial charge in [0.15, 0.2) is 0 Å². The lowest BCUT2D eigenvalue weighted by Gasteiger charge is -2.36. The number of rotatable bonds is 7. The molecule has 2 N–H and O–H groups in total. The Morgan fingerprint density at radius 3 is 2.73 bits per heavy atom. The Morgan fingerprint density at radius 1 is 1.47 bits per heavy atom. The van der Waals surface area contributed by atoms with Gasteiger partial charge < -0.3 is 15.2 Å². The monoisotopic (exact) mass is 215 g/mol. The van der Waals surface area contributed by atoms with Gasteiger partial charge in [-0.25, -0.2) is 0 Å². The highest BCUT2D eigenvalue weighted by Gasteiger charge is 2.38. The van der Waals surface area contributed by atoms with E-state index in [1.54, 1.807) is 0 Å². The van der Waals surface area contributed by atoms with E-state index in [9.17, 15) is 4.79 Å². The lowest BCUT2D eigenvalue weighted by Crippen LogP contribution is -2.43. The van der Waals surface area contributed by atoms with Gasteiger partial charge in [-0.05, 0) is 19.3 Å². The Bertz CT molecular complexity index is 202. The van der Waals surface area contributed by atoms with Gasteiger partial charge in [0, 0.05) is 18.6 Å². The van der Waals surface area contributed by atoms with E-state index in [1.807, 2.05) is 6.92 Å². The Morgan fingerprint density at radius 2 is 2.20 bits per heavy atom. The van der Waals surface area contributed by atoms with Crippen LogP contribution in [0.1, 0.15) is 32.6 Å². The number of carbonyl (C=O) groups is 1. The second-order valence-corrected chi connectivity index (χ2v) is 4.36. The van der Waals surface area contributed by atoms with Crippen molar-refractivity contribution in [2.45, 2.75) is 32.6 Å². The average molecular weight is 215 g/mol. The molecule has 0 heterocycles. The highest BCUT2D eigenvalue weighted by Crippen LogP contribution is 2.40. The van der Waals surface area contributed by atoms with E-state index < -0.39 is 0 Å². The number of nitrogens with one attached hydrogen (secondary N) is 1. The number of aliphatic hydroxyl groups is 1. The maximum atomic E-state index is 11.6. The predicted molar refractivity (Wildman–Crippen MR) is 57.5 cm³/mol. The minimum atomic E-state index is -0.105. The summed E-state index contributed by atoms with van der Waals surface area (Å²) in [5.74, 6) is 0.177. The lowest BCUT2D eigenvalue weighted by molar-refractivity contribution is -0.134. The molecule has 0 spiro atoms. The zero-order valence-corrected chi connectivity index (χ0v) is 9.42. The van der Waals surface area contributed by atoms with Crippen molar-refractivity contribution in [3.8, 4) is 0 Å². The molecule has 0 saturated heterocycles. The molecule has 4 nitrogen and oxygen atoms in total. The molecule has 15 heavy (non-hydrogen) atoms. The zero-order valence-electron chi connectivity index (χ0n) is 9.42. The number of hydrogen-bond acceptors (Lipinski definition) is 3. The Kier molecular flexibility index (Phi) is 5.05. The van der Waals surface area contributed by atoms with Crippen LogP contribution >= 0.6 is 0 Å². The fourth-order valence-electron chi connectivity index (χ4n) is 1.69. The third-order valence-electron chi connectivity index (χ3n) is 2.99. The van der Waals surface area contributed by atoms with Gasteiger partial charge in [0.2, 0.25) is 5.91 Å². The Balaban J connectivity index is 1.97. The molecule has 88 valence electrons. The molecular weight excluding hydrogens is 194 g/mol. The van der Waals surface area contributed by atoms with Crippen LogP contribution in [-0.4, -0.2) is 37.4 Å². The molecule has 4 heteroatoms. The minimum Gasteiger partial charge on any atom is -0.394 e. The first-order chi connectivity index (χ1) is 7.19. The van der Waals surface area contributed by atoms with Crippen LogP contribution in [0.5, 0.6) is 0 Å². The van der Waals surface area contributed by atoms with Crippen molar-refractivity contribution in [2.75, 3.05) is 26.4 Å². The van der Waals surface area contributed by atoms with Crippen LogP contribution in [0.25, 0.3) is 0 Å². The van der Waals surface area contributed by atoms with E-state index in [2.05, 4.69) is 5.32 Å². The SMILES string of the molecule is CC1(C(=O)NCCCOCCO)CCC1. The van der Waals surface area contributed by atoms with Crippen LogP contribution in [0.3, 0.4) is 0 Å². The van der Waals surface area contributed by atoms with Gasteiger partial charge in [0.25, 0.3) is 0 Å². The largest absolute Gasteiger partial charge is 0.394 e. The molecule has 0 aromatic heterocycles. The molecule has 0 atom stereocenters. The van der Waals surface area contributed by atoms with E-state index in [-0.39, 0.29) is 17.9 Å². The van der Waals surface area contributed by atoms with E-state index in [0.29, 0.717) is 19.8 Å². The fourth-order valence-corrected chi connectivity index (χ4v) is 1.69. The van der Waals surface area contributed by atoms with Crippen LogP contribution in [-0.2, 0) is 9.53 Å². The molecule has 1 amide bonds. The molecule has 1 fully saturated rings. The molecule has 1 saturated carbocycles. The van der Waals surface area contributed by atoms with Crippen molar-refractivity contribution < 1.29 is 14.6 Å². The highest BCUT2D eigenvalue weighted by molar-refractivity contribution is 5.82. The Hall–Kier alpha value is -0.610. The summed E-state index contributed by atoms with van der Waals surface area (Å²) in [6, 6.07) is 0. The molecule has 0 radical (unpaired) electrons. The topological polar surface area (TPSA) is 58.6 Å². The summed E-state index contributed by atoms with van der Waals surface area (Å²) in [6.45, 7) is 3.72. The summed E-state index contributed by atoms with van der Waals surface area (Å²) >= 11 is 0. The van der Waals surface area contributed by atoms with Gasteiger partial charge in [-0.2, -0.15) is 0 Å². The number of ether oxygens (including phenoxy) is 1. The van der Waals surface area contributed by atoms with Gasteiger partial charge in [0.05, 0.1) is 13.2 Å². The number of hydrogen-bond donors (Lipinski definition) is 2. The lowest BCUT2D eigenvalue weighted by atomic mass is 9.70. The predicted octanol–water partition coefficient (Wildman–Crippen LogP) is 0.692. The normalized spacial score (nSPS) is 18.3. The van der Waals surface area contributed by atoms with Crippen molar-refractivity contribution in [3.05, 3.63) is 0 Å². The summed E-state index contributed by atoms with van der Waals surface area (Å²) in [6.07, 6.45) is 4.01. The first-order valence-electron chi connectivity index (χ1n) is 5.66. The fraction of sp³-hybridized carbons (Fsp3) is 0.909. The smallest absolute Gasteiger partial charge is 0.225 e. The van der Waals surface area contributed by atoms with E-state index in [0.717, 1.165) is 19.3 Å². The summed E-state index contributed by atoms with van der Waals surface area (Å²) < 4.78 is 5.09. The van der Waals surface area contributed by atoms with Gasteiger partial charge >= 0.3 is 0 Å². The second kappa shape index (κ2) is 6.08. The summed E-state index contributed by atoms with van der Waals surface area (Å²) in [5.41, 5.74) is -0.105. The zero-order chi connectivity index (χ0) is 11.1. The molecule has 0 aromatic rings. The molecule has 1 aliphatic carbocycles. The number of aliphatic hydroxyl groups excluding tert-OH is 1. The summed E-state index contributed by atoms with van der Waals surface area (Å²) in [4.78, 5) is 11.6. The van der Waals surface area contributed by atoms with Crippen molar-refractivity contribution in [3.63, 3.8) is 0 Å². The second-order valence-electron chi connectivity index (χ2n) is 4.36. The number of carbonyl (C=O) groups excluding carboxylic acids is 1. The molecule has 0 aromatic carbocycles. The molecule has 0 bridgehead atoms. The van der Waals surface area contributed by atoms with Gasteiger partial charge in [-0.1, -0.05) is 13.3 Å². The molecule has 0 unspecified atom stereocenters. The maximum Gasteiger partial charge on any atom is 0.225 e. The van der Waals surface area contributed by atoms with E-state index in [1.165, 1.54) is 6.42 Å². The first kappa shape index (κ1) is 12.5. The third kappa shape index (κ3) is 3.80. The molecular formula is C11H21NO3. The van der Waals surface area contributed by atoms with E-state index in [4.69, 9.17) is 9.84 Å². The van der Waals surface area contributed by atoms with E-state index >= 15 is 0 Å². The third-order valence-corrected chi connectivity index (χ3v) is 2.99. The van der Waals surface area contributed by atoms with Gasteiger partial charge in [-0.3, -0.25) is 4.79 Å². The summed E-state index contributed by atoms with van der Waals surface area (Å²) in [5, 5.41) is 11.4. The van der Waals surface area contributed by atoms with Crippen molar-refractivity contribution >= 4 is 5.91 Å². The molecule has 1 rings (SSSR count). The van der Waals surface area contributed by atoms with Gasteiger partial charge in [-0.15, -0.1) is 0 Å². The van der Waals surface area contributed by atoms with Crippen LogP contribution < -0.4 is 5.32 Å². The maximum absolute atomic E-state index is 11.6. The van der Waals surface area contributed by atoms with Gasteiger partial charge in [0.1, 0.15) is 0 Å². The highest BCUT2D eigenvalue weighted by atomic mass is 16.5.